The van der Waals surface area contributed by atoms with Crippen LogP contribution < -0.4 is 5.73 Å². The second-order valence-electron chi connectivity index (χ2n) is 4.83. The molecule has 1 saturated carbocycles. The minimum atomic E-state index is -0.178. The number of nitrogens with two attached hydrogens (primary N) is 1. The molecule has 0 aliphatic heterocycles. The largest absolute Gasteiger partial charge is 0.327 e. The molecule has 1 aliphatic carbocycles. The molecule has 1 fully saturated rings. The quantitative estimate of drug-likeness (QED) is 0.870. The maximum Gasteiger partial charge on any atom is 0.123 e. The highest BCUT2D eigenvalue weighted by atomic mass is 32.2. The molecule has 0 aromatic heterocycles. The summed E-state index contributed by atoms with van der Waals surface area (Å²) in [7, 11) is 0. The third kappa shape index (κ3) is 4.32. The van der Waals surface area contributed by atoms with E-state index in [-0.39, 0.29) is 11.9 Å². The summed E-state index contributed by atoms with van der Waals surface area (Å²) in [6.45, 7) is 0. The van der Waals surface area contributed by atoms with E-state index in [1.807, 2.05) is 23.9 Å². The van der Waals surface area contributed by atoms with Crippen molar-refractivity contribution in [3.63, 3.8) is 0 Å². The number of halogens is 1. The summed E-state index contributed by atoms with van der Waals surface area (Å²) in [5.74, 6) is 0.838. The molecule has 1 aromatic rings. The Morgan fingerprint density at radius 2 is 1.88 bits per heavy atom. The van der Waals surface area contributed by atoms with E-state index in [0.717, 1.165) is 23.0 Å². The highest BCUT2D eigenvalue weighted by Gasteiger charge is 2.16. The molecule has 0 radical (unpaired) electrons. The van der Waals surface area contributed by atoms with Crippen LogP contribution in [0.4, 0.5) is 4.39 Å². The average Bonchev–Trinajstić information content (AvgIpc) is 2.83. The predicted octanol–water partition coefficient (Wildman–Crippen LogP) is 3.37. The van der Waals surface area contributed by atoms with Crippen LogP contribution in [0.3, 0.4) is 0 Å². The van der Waals surface area contributed by atoms with Gasteiger partial charge in [-0.3, -0.25) is 0 Å². The van der Waals surface area contributed by atoms with Crippen molar-refractivity contribution in [1.82, 2.24) is 0 Å². The van der Waals surface area contributed by atoms with Crippen LogP contribution >= 0.6 is 11.8 Å². The van der Waals surface area contributed by atoms with E-state index >= 15 is 0 Å². The van der Waals surface area contributed by atoms with Gasteiger partial charge in [0.15, 0.2) is 0 Å². The van der Waals surface area contributed by atoms with Crippen LogP contribution in [0, 0.1) is 5.82 Å². The van der Waals surface area contributed by atoms with E-state index in [0.29, 0.717) is 0 Å². The first-order valence-corrected chi connectivity index (χ1v) is 7.40. The average molecular weight is 253 g/mol. The Balaban J connectivity index is 1.72. The van der Waals surface area contributed by atoms with Crippen molar-refractivity contribution in [2.24, 2.45) is 5.73 Å². The molecular formula is C14H20FNS. The van der Waals surface area contributed by atoms with Crippen LogP contribution in [0.2, 0.25) is 0 Å². The van der Waals surface area contributed by atoms with Crippen molar-refractivity contribution in [2.45, 2.75) is 43.4 Å². The van der Waals surface area contributed by atoms with Crippen molar-refractivity contribution >= 4 is 11.8 Å². The van der Waals surface area contributed by atoms with Crippen molar-refractivity contribution in [2.75, 3.05) is 5.75 Å². The number of rotatable bonds is 5. The number of benzene rings is 1. The highest BCUT2D eigenvalue weighted by molar-refractivity contribution is 7.99. The van der Waals surface area contributed by atoms with Crippen LogP contribution in [0.25, 0.3) is 0 Å². The second kappa shape index (κ2) is 6.41. The van der Waals surface area contributed by atoms with Gasteiger partial charge in [-0.25, -0.2) is 4.39 Å². The molecule has 94 valence electrons. The SMILES string of the molecule is NC(CSC1CCCC1)Cc1ccc(F)cc1. The molecule has 0 spiro atoms. The summed E-state index contributed by atoms with van der Waals surface area (Å²) < 4.78 is 12.7. The summed E-state index contributed by atoms with van der Waals surface area (Å²) in [6.07, 6.45) is 6.32. The minimum Gasteiger partial charge on any atom is -0.327 e. The van der Waals surface area contributed by atoms with Gasteiger partial charge in [-0.05, 0) is 37.0 Å². The van der Waals surface area contributed by atoms with Crippen molar-refractivity contribution in [3.8, 4) is 0 Å². The van der Waals surface area contributed by atoms with Crippen molar-refractivity contribution in [1.29, 1.82) is 0 Å². The van der Waals surface area contributed by atoms with Gasteiger partial charge in [-0.1, -0.05) is 25.0 Å². The van der Waals surface area contributed by atoms with E-state index in [1.54, 1.807) is 0 Å². The third-order valence-corrected chi connectivity index (χ3v) is 4.82. The Morgan fingerprint density at radius 1 is 1.24 bits per heavy atom. The highest BCUT2D eigenvalue weighted by Crippen LogP contribution is 2.29. The summed E-state index contributed by atoms with van der Waals surface area (Å²) >= 11 is 2.02. The number of hydrogen-bond donors (Lipinski definition) is 1. The van der Waals surface area contributed by atoms with Gasteiger partial charge >= 0.3 is 0 Å². The first kappa shape index (κ1) is 12.9. The molecule has 1 aliphatic rings. The lowest BCUT2D eigenvalue weighted by atomic mass is 10.1. The monoisotopic (exact) mass is 253 g/mol. The lowest BCUT2D eigenvalue weighted by Crippen LogP contribution is -2.26. The molecule has 1 nitrogen and oxygen atoms in total. The first-order valence-electron chi connectivity index (χ1n) is 6.35. The molecule has 1 atom stereocenters. The van der Waals surface area contributed by atoms with Crippen LogP contribution in [0.1, 0.15) is 31.2 Å². The molecular weight excluding hydrogens is 233 g/mol. The molecule has 0 amide bonds. The Morgan fingerprint density at radius 3 is 2.53 bits per heavy atom. The normalized spacial score (nSPS) is 18.5. The van der Waals surface area contributed by atoms with Gasteiger partial charge in [0.25, 0.3) is 0 Å². The fourth-order valence-corrected chi connectivity index (χ4v) is 3.60. The summed E-state index contributed by atoms with van der Waals surface area (Å²) in [5.41, 5.74) is 7.24. The van der Waals surface area contributed by atoms with Gasteiger partial charge in [0.1, 0.15) is 5.82 Å². The van der Waals surface area contributed by atoms with E-state index in [9.17, 15) is 4.39 Å². The van der Waals surface area contributed by atoms with Crippen LogP contribution in [0.5, 0.6) is 0 Å². The first-order chi connectivity index (χ1) is 8.24. The van der Waals surface area contributed by atoms with E-state index < -0.39 is 0 Å². The minimum absolute atomic E-state index is 0.178. The molecule has 2 N–H and O–H groups in total. The molecule has 3 heteroatoms. The van der Waals surface area contributed by atoms with Gasteiger partial charge < -0.3 is 5.73 Å². The van der Waals surface area contributed by atoms with Gasteiger partial charge in [-0.2, -0.15) is 11.8 Å². The zero-order chi connectivity index (χ0) is 12.1. The lowest BCUT2D eigenvalue weighted by molar-refractivity contribution is 0.626. The number of hydrogen-bond acceptors (Lipinski definition) is 2. The third-order valence-electron chi connectivity index (χ3n) is 3.26. The maximum absolute atomic E-state index is 12.7. The molecule has 2 rings (SSSR count). The molecule has 1 aromatic carbocycles. The van der Waals surface area contributed by atoms with E-state index in [2.05, 4.69) is 0 Å². The Labute approximate surface area is 107 Å². The Kier molecular flexibility index (Phi) is 4.86. The molecule has 0 saturated heterocycles. The Hall–Kier alpha value is -0.540. The molecule has 17 heavy (non-hydrogen) atoms. The zero-order valence-electron chi connectivity index (χ0n) is 10.1. The molecule has 0 heterocycles. The standard InChI is InChI=1S/C14H20FNS/c15-12-7-5-11(6-8-12)9-13(16)10-17-14-3-1-2-4-14/h5-8,13-14H,1-4,9-10,16H2. The molecule has 0 bridgehead atoms. The van der Waals surface area contributed by atoms with Gasteiger partial charge in [0.05, 0.1) is 0 Å². The maximum atomic E-state index is 12.7. The smallest absolute Gasteiger partial charge is 0.123 e. The van der Waals surface area contributed by atoms with Gasteiger partial charge in [0, 0.05) is 17.0 Å². The summed E-state index contributed by atoms with van der Waals surface area (Å²) in [4.78, 5) is 0. The Bertz CT molecular complexity index is 333. The van der Waals surface area contributed by atoms with E-state index in [1.165, 1.54) is 37.8 Å². The van der Waals surface area contributed by atoms with Gasteiger partial charge in [-0.15, -0.1) is 0 Å². The fraction of sp³-hybridized carbons (Fsp3) is 0.571. The zero-order valence-corrected chi connectivity index (χ0v) is 10.9. The van der Waals surface area contributed by atoms with E-state index in [4.69, 9.17) is 5.73 Å². The lowest BCUT2D eigenvalue weighted by Gasteiger charge is -2.14. The predicted molar refractivity (Wildman–Crippen MR) is 72.8 cm³/mol. The van der Waals surface area contributed by atoms with Crippen LogP contribution in [-0.2, 0) is 6.42 Å². The summed E-state index contributed by atoms with van der Waals surface area (Å²) in [5, 5.41) is 0.828. The fourth-order valence-electron chi connectivity index (χ4n) is 2.30. The second-order valence-corrected chi connectivity index (χ2v) is 6.16. The molecule has 1 unspecified atom stereocenters. The topological polar surface area (TPSA) is 26.0 Å². The van der Waals surface area contributed by atoms with Crippen molar-refractivity contribution < 1.29 is 4.39 Å². The van der Waals surface area contributed by atoms with Crippen LogP contribution in [-0.4, -0.2) is 17.0 Å². The summed E-state index contributed by atoms with van der Waals surface area (Å²) in [6, 6.07) is 6.86. The van der Waals surface area contributed by atoms with Gasteiger partial charge in [0.2, 0.25) is 0 Å². The van der Waals surface area contributed by atoms with Crippen molar-refractivity contribution in [3.05, 3.63) is 35.6 Å². The van der Waals surface area contributed by atoms with Crippen LogP contribution in [0.15, 0.2) is 24.3 Å². The number of thioether (sulfide) groups is 1.